The van der Waals surface area contributed by atoms with Crippen LogP contribution in [0.5, 0.6) is 11.5 Å². The van der Waals surface area contributed by atoms with Crippen LogP contribution >= 0.6 is 17.0 Å². The molecule has 0 fully saturated rings. The number of halogens is 1. The molecule has 0 heterocycles. The maximum absolute atomic E-state index is 5.55. The quantitative estimate of drug-likeness (QED) is 0.794. The summed E-state index contributed by atoms with van der Waals surface area (Å²) in [5.74, 6) is 1.56. The second-order valence-corrected chi connectivity index (χ2v) is 4.16. The van der Waals surface area contributed by atoms with Gasteiger partial charge in [0.2, 0.25) is 0 Å². The maximum Gasteiger partial charge on any atom is 0.161 e. The van der Waals surface area contributed by atoms with Crippen LogP contribution in [-0.2, 0) is 11.3 Å². The van der Waals surface area contributed by atoms with E-state index in [0.717, 1.165) is 18.0 Å². The van der Waals surface area contributed by atoms with E-state index >= 15 is 0 Å². The van der Waals surface area contributed by atoms with E-state index in [1.54, 1.807) is 14.2 Å². The molecule has 110 valence electrons. The van der Waals surface area contributed by atoms with E-state index in [1.807, 2.05) is 25.1 Å². The Morgan fingerprint density at radius 2 is 1.95 bits per heavy atom. The minimum Gasteiger partial charge on any atom is -0.493 e. The van der Waals surface area contributed by atoms with Gasteiger partial charge in [-0.3, -0.25) is 0 Å². The van der Waals surface area contributed by atoms with Gasteiger partial charge in [-0.1, -0.05) is 6.07 Å². The highest BCUT2D eigenvalue weighted by Crippen LogP contribution is 2.27. The van der Waals surface area contributed by atoms with E-state index in [0.29, 0.717) is 19.3 Å². The van der Waals surface area contributed by atoms with Crippen molar-refractivity contribution in [2.45, 2.75) is 26.4 Å². The SMILES string of the molecule is Br.CCOc1cc(CNC(C)COC)ccc1OC. The van der Waals surface area contributed by atoms with Crippen LogP contribution in [0.25, 0.3) is 0 Å². The number of nitrogens with one attached hydrogen (secondary N) is 1. The molecule has 1 unspecified atom stereocenters. The fraction of sp³-hybridized carbons (Fsp3) is 0.571. The van der Waals surface area contributed by atoms with E-state index in [4.69, 9.17) is 14.2 Å². The van der Waals surface area contributed by atoms with Gasteiger partial charge in [-0.05, 0) is 31.5 Å². The zero-order chi connectivity index (χ0) is 13.4. The Labute approximate surface area is 126 Å². The number of rotatable bonds is 8. The molecule has 1 rings (SSSR count). The Morgan fingerprint density at radius 3 is 2.53 bits per heavy atom. The summed E-state index contributed by atoms with van der Waals surface area (Å²) < 4.78 is 15.9. The van der Waals surface area contributed by atoms with Crippen molar-refractivity contribution >= 4 is 17.0 Å². The summed E-state index contributed by atoms with van der Waals surface area (Å²) >= 11 is 0. The van der Waals surface area contributed by atoms with Crippen molar-refractivity contribution in [1.29, 1.82) is 0 Å². The summed E-state index contributed by atoms with van der Waals surface area (Å²) in [6, 6.07) is 6.30. The Morgan fingerprint density at radius 1 is 1.21 bits per heavy atom. The number of hydrogen-bond donors (Lipinski definition) is 1. The summed E-state index contributed by atoms with van der Waals surface area (Å²) in [6.07, 6.45) is 0. The van der Waals surface area contributed by atoms with E-state index < -0.39 is 0 Å². The molecule has 1 aromatic rings. The molecule has 4 nitrogen and oxygen atoms in total. The monoisotopic (exact) mass is 333 g/mol. The molecule has 0 bridgehead atoms. The van der Waals surface area contributed by atoms with Crippen LogP contribution in [0.1, 0.15) is 19.4 Å². The molecule has 0 saturated carbocycles. The van der Waals surface area contributed by atoms with Crippen molar-refractivity contribution in [3.8, 4) is 11.5 Å². The highest BCUT2D eigenvalue weighted by molar-refractivity contribution is 8.93. The summed E-state index contributed by atoms with van der Waals surface area (Å²) in [7, 11) is 3.36. The van der Waals surface area contributed by atoms with Crippen molar-refractivity contribution in [1.82, 2.24) is 5.32 Å². The van der Waals surface area contributed by atoms with Gasteiger partial charge < -0.3 is 19.5 Å². The van der Waals surface area contributed by atoms with Gasteiger partial charge in [-0.25, -0.2) is 0 Å². The third-order valence-corrected chi connectivity index (χ3v) is 2.60. The predicted octanol–water partition coefficient (Wildman–Crippen LogP) is 2.80. The second kappa shape index (κ2) is 10.1. The van der Waals surface area contributed by atoms with Gasteiger partial charge >= 0.3 is 0 Å². The Balaban J connectivity index is 0.00000324. The van der Waals surface area contributed by atoms with Crippen LogP contribution in [0.15, 0.2) is 18.2 Å². The predicted molar refractivity (Wildman–Crippen MR) is 82.7 cm³/mol. The van der Waals surface area contributed by atoms with E-state index in [2.05, 4.69) is 12.2 Å². The number of benzene rings is 1. The summed E-state index contributed by atoms with van der Waals surface area (Å²) in [4.78, 5) is 0. The van der Waals surface area contributed by atoms with Gasteiger partial charge in [0.25, 0.3) is 0 Å². The molecular formula is C14H24BrNO3. The third-order valence-electron chi connectivity index (χ3n) is 2.60. The van der Waals surface area contributed by atoms with E-state index in [1.165, 1.54) is 5.56 Å². The standard InChI is InChI=1S/C14H23NO3.BrH/c1-5-18-14-8-12(6-7-13(14)17-4)9-15-11(2)10-16-3;/h6-8,11,15H,5,9-10H2,1-4H3;1H. The fourth-order valence-electron chi connectivity index (χ4n) is 1.70. The molecule has 19 heavy (non-hydrogen) atoms. The minimum absolute atomic E-state index is 0. The van der Waals surface area contributed by atoms with Gasteiger partial charge in [0.15, 0.2) is 11.5 Å². The van der Waals surface area contributed by atoms with Crippen molar-refractivity contribution in [2.24, 2.45) is 0 Å². The smallest absolute Gasteiger partial charge is 0.161 e. The van der Waals surface area contributed by atoms with Gasteiger partial charge in [-0.2, -0.15) is 0 Å². The van der Waals surface area contributed by atoms with Crippen LogP contribution < -0.4 is 14.8 Å². The topological polar surface area (TPSA) is 39.7 Å². The van der Waals surface area contributed by atoms with Crippen LogP contribution in [0.3, 0.4) is 0 Å². The van der Waals surface area contributed by atoms with E-state index in [-0.39, 0.29) is 17.0 Å². The molecule has 0 radical (unpaired) electrons. The second-order valence-electron chi connectivity index (χ2n) is 4.16. The molecule has 1 atom stereocenters. The Hall–Kier alpha value is -0.780. The largest absolute Gasteiger partial charge is 0.493 e. The first-order chi connectivity index (χ1) is 8.71. The summed E-state index contributed by atoms with van der Waals surface area (Å²) in [6.45, 7) is 6.18. The van der Waals surface area contributed by atoms with E-state index in [9.17, 15) is 0 Å². The zero-order valence-corrected chi connectivity index (χ0v) is 13.8. The average Bonchev–Trinajstić information content (AvgIpc) is 2.37. The van der Waals surface area contributed by atoms with Gasteiger partial charge in [0.1, 0.15) is 0 Å². The number of ether oxygens (including phenoxy) is 3. The molecule has 0 spiro atoms. The van der Waals surface area contributed by atoms with Gasteiger partial charge in [-0.15, -0.1) is 17.0 Å². The number of hydrogen-bond acceptors (Lipinski definition) is 4. The first-order valence-corrected chi connectivity index (χ1v) is 6.23. The highest BCUT2D eigenvalue weighted by atomic mass is 79.9. The lowest BCUT2D eigenvalue weighted by Crippen LogP contribution is -2.29. The van der Waals surface area contributed by atoms with Gasteiger partial charge in [0.05, 0.1) is 20.3 Å². The Kier molecular flexibility index (Phi) is 9.65. The van der Waals surface area contributed by atoms with Crippen LogP contribution in [0, 0.1) is 0 Å². The lowest BCUT2D eigenvalue weighted by atomic mass is 10.2. The van der Waals surface area contributed by atoms with Crippen LogP contribution in [-0.4, -0.2) is 33.5 Å². The lowest BCUT2D eigenvalue weighted by Gasteiger charge is -2.14. The molecule has 0 aromatic heterocycles. The molecule has 0 amide bonds. The zero-order valence-electron chi connectivity index (χ0n) is 12.1. The number of methoxy groups -OCH3 is 2. The highest BCUT2D eigenvalue weighted by Gasteiger charge is 2.06. The minimum atomic E-state index is 0. The van der Waals surface area contributed by atoms with Crippen molar-refractivity contribution in [3.05, 3.63) is 23.8 Å². The van der Waals surface area contributed by atoms with Crippen LogP contribution in [0.2, 0.25) is 0 Å². The molecule has 5 heteroatoms. The van der Waals surface area contributed by atoms with Crippen molar-refractivity contribution in [2.75, 3.05) is 27.4 Å². The molecule has 0 aliphatic rings. The fourth-order valence-corrected chi connectivity index (χ4v) is 1.70. The molecule has 0 aliphatic carbocycles. The molecular weight excluding hydrogens is 310 g/mol. The third kappa shape index (κ3) is 6.27. The maximum atomic E-state index is 5.55. The Bertz CT molecular complexity index is 361. The normalized spacial score (nSPS) is 11.6. The summed E-state index contributed by atoms with van der Waals surface area (Å²) in [5.41, 5.74) is 1.17. The first-order valence-electron chi connectivity index (χ1n) is 6.23. The van der Waals surface area contributed by atoms with Crippen molar-refractivity contribution < 1.29 is 14.2 Å². The summed E-state index contributed by atoms with van der Waals surface area (Å²) in [5, 5.41) is 3.39. The molecule has 0 aliphatic heterocycles. The van der Waals surface area contributed by atoms with Gasteiger partial charge in [0, 0.05) is 19.7 Å². The molecule has 1 N–H and O–H groups in total. The average molecular weight is 334 g/mol. The van der Waals surface area contributed by atoms with Crippen molar-refractivity contribution in [3.63, 3.8) is 0 Å². The molecule has 1 aromatic carbocycles. The molecule has 0 saturated heterocycles. The lowest BCUT2D eigenvalue weighted by molar-refractivity contribution is 0.171. The first kappa shape index (κ1) is 18.2. The van der Waals surface area contributed by atoms with Crippen LogP contribution in [0.4, 0.5) is 0 Å².